The Balaban J connectivity index is 1.80. The number of morpholine rings is 1. The van der Waals surface area contributed by atoms with Crippen LogP contribution in [0.2, 0.25) is 5.02 Å². The lowest BCUT2D eigenvalue weighted by atomic mass is 9.98. The summed E-state index contributed by atoms with van der Waals surface area (Å²) in [6.07, 6.45) is 0.0238. The highest BCUT2D eigenvalue weighted by atomic mass is 35.5. The van der Waals surface area contributed by atoms with Crippen LogP contribution in [0.3, 0.4) is 0 Å². The van der Waals surface area contributed by atoms with Gasteiger partial charge in [-0.15, -0.1) is 0 Å². The number of hydrogen-bond acceptors (Lipinski definition) is 5. The maximum absolute atomic E-state index is 13.0. The summed E-state index contributed by atoms with van der Waals surface area (Å²) in [6, 6.07) is 9.47. The second-order valence-electron chi connectivity index (χ2n) is 7.92. The van der Waals surface area contributed by atoms with Gasteiger partial charge in [0.1, 0.15) is 5.82 Å². The number of halogens is 1. The molecule has 2 heterocycles. The van der Waals surface area contributed by atoms with Crippen LogP contribution in [0.15, 0.2) is 30.3 Å². The molecular formula is C23H30ClN3O3. The average Bonchev–Trinajstić information content (AvgIpc) is 2.73. The largest absolute Gasteiger partial charge is 0.382 e. The Bertz CT molecular complexity index is 869. The molecule has 0 saturated carbocycles. The number of carbonyl (C=O) groups is 1. The van der Waals surface area contributed by atoms with E-state index >= 15 is 0 Å². The van der Waals surface area contributed by atoms with Gasteiger partial charge in [0.05, 0.1) is 30.6 Å². The first-order valence-electron chi connectivity index (χ1n) is 10.3. The van der Waals surface area contributed by atoms with Crippen LogP contribution in [0.5, 0.6) is 0 Å². The lowest BCUT2D eigenvalue weighted by molar-refractivity contribution is -0.0102. The molecule has 1 aromatic heterocycles. The third-order valence-electron chi connectivity index (χ3n) is 5.19. The van der Waals surface area contributed by atoms with Gasteiger partial charge in [0.15, 0.2) is 0 Å². The number of hydrogen-bond donors (Lipinski definition) is 1. The molecule has 1 N–H and O–H groups in total. The van der Waals surface area contributed by atoms with Crippen molar-refractivity contribution in [2.45, 2.75) is 39.3 Å². The summed E-state index contributed by atoms with van der Waals surface area (Å²) in [5, 5.41) is 3.70. The van der Waals surface area contributed by atoms with E-state index in [-0.39, 0.29) is 17.9 Å². The minimum Gasteiger partial charge on any atom is -0.382 e. The summed E-state index contributed by atoms with van der Waals surface area (Å²) in [5.74, 6) is 0.898. The first-order chi connectivity index (χ1) is 14.4. The molecule has 1 amide bonds. The van der Waals surface area contributed by atoms with Gasteiger partial charge in [-0.25, -0.2) is 4.98 Å². The number of anilines is 1. The maximum atomic E-state index is 13.0. The molecule has 0 radical (unpaired) electrons. The van der Waals surface area contributed by atoms with E-state index in [0.717, 1.165) is 35.7 Å². The van der Waals surface area contributed by atoms with Crippen molar-refractivity contribution >= 4 is 23.3 Å². The van der Waals surface area contributed by atoms with Crippen LogP contribution in [0, 0.1) is 6.92 Å². The maximum Gasteiger partial charge on any atom is 0.253 e. The van der Waals surface area contributed by atoms with Gasteiger partial charge in [0.2, 0.25) is 0 Å². The molecule has 6 nitrogen and oxygen atoms in total. The summed E-state index contributed by atoms with van der Waals surface area (Å²) < 4.78 is 11.0. The van der Waals surface area contributed by atoms with E-state index in [2.05, 4.69) is 24.1 Å². The van der Waals surface area contributed by atoms with Crippen LogP contribution in [-0.2, 0) is 16.0 Å². The summed E-state index contributed by atoms with van der Waals surface area (Å²) in [6.45, 7) is 9.22. The van der Waals surface area contributed by atoms with Crippen LogP contribution in [0.1, 0.15) is 46.9 Å². The standard InChI is InChI=1S/C23H30ClN3O3/c1-15(2)22-21(23(28)25-12-17-5-7-18(24)8-6-17)16(3)11-20(26-22)27-9-10-30-19(13-27)14-29-4/h5-8,11,15,19H,9-10,12-14H2,1-4H3,(H,25,28). The van der Waals surface area contributed by atoms with Gasteiger partial charge < -0.3 is 19.7 Å². The Morgan fingerprint density at radius 2 is 2.10 bits per heavy atom. The zero-order chi connectivity index (χ0) is 21.7. The minimum atomic E-state index is -0.107. The highest BCUT2D eigenvalue weighted by Gasteiger charge is 2.25. The van der Waals surface area contributed by atoms with Crippen LogP contribution in [0.25, 0.3) is 0 Å². The van der Waals surface area contributed by atoms with Crippen LogP contribution < -0.4 is 10.2 Å². The molecular weight excluding hydrogens is 402 g/mol. The number of carbonyl (C=O) groups excluding carboxylic acids is 1. The average molecular weight is 432 g/mol. The van der Waals surface area contributed by atoms with Crippen molar-refractivity contribution in [2.24, 2.45) is 0 Å². The highest BCUT2D eigenvalue weighted by molar-refractivity contribution is 6.30. The number of benzene rings is 1. The zero-order valence-electron chi connectivity index (χ0n) is 18.1. The van der Waals surface area contributed by atoms with Gasteiger partial charge in [0.25, 0.3) is 5.91 Å². The van der Waals surface area contributed by atoms with E-state index in [1.54, 1.807) is 7.11 Å². The number of pyridine rings is 1. The highest BCUT2D eigenvalue weighted by Crippen LogP contribution is 2.26. The third kappa shape index (κ3) is 5.50. The van der Waals surface area contributed by atoms with Gasteiger partial charge in [-0.3, -0.25) is 4.79 Å². The molecule has 2 aromatic rings. The van der Waals surface area contributed by atoms with Crippen molar-refractivity contribution in [3.63, 3.8) is 0 Å². The van der Waals surface area contributed by atoms with Crippen molar-refractivity contribution < 1.29 is 14.3 Å². The molecule has 0 spiro atoms. The van der Waals surface area contributed by atoms with Gasteiger partial charge in [-0.05, 0) is 42.2 Å². The first-order valence-corrected chi connectivity index (χ1v) is 10.7. The zero-order valence-corrected chi connectivity index (χ0v) is 18.8. The van der Waals surface area contributed by atoms with Crippen molar-refractivity contribution in [3.05, 3.63) is 57.7 Å². The number of rotatable bonds is 7. The molecule has 1 aliphatic heterocycles. The molecule has 0 bridgehead atoms. The van der Waals surface area contributed by atoms with E-state index in [0.29, 0.717) is 30.3 Å². The Hall–Kier alpha value is -2.15. The summed E-state index contributed by atoms with van der Waals surface area (Å²) in [7, 11) is 1.68. The van der Waals surface area contributed by atoms with Crippen molar-refractivity contribution in [1.82, 2.24) is 10.3 Å². The van der Waals surface area contributed by atoms with Crippen LogP contribution in [0.4, 0.5) is 5.82 Å². The van der Waals surface area contributed by atoms with Crippen LogP contribution >= 0.6 is 11.6 Å². The number of methoxy groups -OCH3 is 1. The number of ether oxygens (including phenoxy) is 2. The lowest BCUT2D eigenvalue weighted by Gasteiger charge is -2.34. The summed E-state index contributed by atoms with van der Waals surface area (Å²) >= 11 is 5.94. The molecule has 162 valence electrons. The van der Waals surface area contributed by atoms with Gasteiger partial charge in [-0.1, -0.05) is 37.6 Å². The molecule has 0 aliphatic carbocycles. The molecule has 3 rings (SSSR count). The Morgan fingerprint density at radius 3 is 2.77 bits per heavy atom. The quantitative estimate of drug-likeness (QED) is 0.719. The first kappa shape index (κ1) is 22.5. The Kier molecular flexibility index (Phi) is 7.69. The van der Waals surface area contributed by atoms with Gasteiger partial charge >= 0.3 is 0 Å². The predicted molar refractivity (Wildman–Crippen MR) is 120 cm³/mol. The van der Waals surface area contributed by atoms with E-state index in [4.69, 9.17) is 26.1 Å². The molecule has 1 saturated heterocycles. The monoisotopic (exact) mass is 431 g/mol. The van der Waals surface area contributed by atoms with Crippen LogP contribution in [-0.4, -0.2) is 50.4 Å². The van der Waals surface area contributed by atoms with E-state index in [9.17, 15) is 4.79 Å². The summed E-state index contributed by atoms with van der Waals surface area (Å²) in [4.78, 5) is 20.1. The predicted octanol–water partition coefficient (Wildman–Crippen LogP) is 3.95. The van der Waals surface area contributed by atoms with Gasteiger partial charge in [-0.2, -0.15) is 0 Å². The summed E-state index contributed by atoms with van der Waals surface area (Å²) in [5.41, 5.74) is 3.39. The second-order valence-corrected chi connectivity index (χ2v) is 8.35. The molecule has 1 atom stereocenters. The van der Waals surface area contributed by atoms with E-state index < -0.39 is 0 Å². The smallest absolute Gasteiger partial charge is 0.253 e. The number of nitrogens with one attached hydrogen (secondary N) is 1. The van der Waals surface area contributed by atoms with Crippen molar-refractivity contribution in [3.8, 4) is 0 Å². The van der Waals surface area contributed by atoms with E-state index in [1.807, 2.05) is 37.3 Å². The fourth-order valence-corrected chi connectivity index (χ4v) is 3.77. The molecule has 1 aliphatic rings. The molecule has 1 unspecified atom stereocenters. The minimum absolute atomic E-state index is 0.0238. The number of aryl methyl sites for hydroxylation is 1. The SMILES string of the molecule is COCC1CN(c2cc(C)c(C(=O)NCc3ccc(Cl)cc3)c(C(C)C)n2)CCO1. The second kappa shape index (κ2) is 10.2. The van der Waals surface area contributed by atoms with Crippen molar-refractivity contribution in [2.75, 3.05) is 38.3 Å². The van der Waals surface area contributed by atoms with E-state index in [1.165, 1.54) is 0 Å². The molecule has 1 aromatic carbocycles. The molecule has 7 heteroatoms. The van der Waals surface area contributed by atoms with Crippen molar-refractivity contribution in [1.29, 1.82) is 0 Å². The molecule has 30 heavy (non-hydrogen) atoms. The molecule has 1 fully saturated rings. The Morgan fingerprint density at radius 1 is 1.37 bits per heavy atom. The number of aromatic nitrogens is 1. The fraction of sp³-hybridized carbons (Fsp3) is 0.478. The number of amides is 1. The Labute approximate surface area is 183 Å². The lowest BCUT2D eigenvalue weighted by Crippen LogP contribution is -2.45. The van der Waals surface area contributed by atoms with Gasteiger partial charge in [0, 0.05) is 31.8 Å². The number of nitrogens with zero attached hydrogens (tertiary/aromatic N) is 2. The fourth-order valence-electron chi connectivity index (χ4n) is 3.64. The topological polar surface area (TPSA) is 63.7 Å². The third-order valence-corrected chi connectivity index (χ3v) is 5.44. The normalized spacial score (nSPS) is 16.7.